The molecule has 0 atom stereocenters. The van der Waals surface area contributed by atoms with Gasteiger partial charge in [-0.15, -0.1) is 11.3 Å². The van der Waals surface area contributed by atoms with Gasteiger partial charge in [-0.1, -0.05) is 0 Å². The molecule has 4 rings (SSSR count). The number of morpholine rings is 1. The second-order valence-corrected chi connectivity index (χ2v) is 9.70. The Bertz CT molecular complexity index is 1170. The minimum absolute atomic E-state index is 0.000219. The Labute approximate surface area is 187 Å². The molecule has 170 valence electrons. The molecule has 12 heteroatoms. The number of nitrogens with zero attached hydrogens (tertiary/aromatic N) is 2. The molecule has 1 fully saturated rings. The third-order valence-electron chi connectivity index (χ3n) is 4.61. The van der Waals surface area contributed by atoms with E-state index in [1.165, 1.54) is 52.2 Å². The molecule has 2 aromatic heterocycles. The Morgan fingerprint density at radius 1 is 1.22 bits per heavy atom. The highest BCUT2D eigenvalue weighted by Gasteiger charge is 2.28. The van der Waals surface area contributed by atoms with Crippen molar-refractivity contribution in [1.29, 1.82) is 0 Å². The number of aromatic nitrogens is 2. The molecular formula is C20H20FN3O6S2. The lowest BCUT2D eigenvalue weighted by molar-refractivity contribution is 0.0462. The minimum atomic E-state index is -3.70. The van der Waals surface area contributed by atoms with Gasteiger partial charge in [0.25, 0.3) is 0 Å². The van der Waals surface area contributed by atoms with Crippen LogP contribution in [-0.2, 0) is 32.7 Å². The van der Waals surface area contributed by atoms with Crippen molar-refractivity contribution < 1.29 is 31.8 Å². The molecule has 1 aliphatic rings. The number of hydrogen-bond donors (Lipinski definition) is 1. The molecule has 3 aromatic rings. The highest BCUT2D eigenvalue weighted by atomic mass is 32.2. The second kappa shape index (κ2) is 9.77. The van der Waals surface area contributed by atoms with Crippen molar-refractivity contribution in [2.45, 2.75) is 18.1 Å². The van der Waals surface area contributed by atoms with Gasteiger partial charge in [-0.3, -0.25) is 0 Å². The maximum absolute atomic E-state index is 12.9. The zero-order valence-corrected chi connectivity index (χ0v) is 18.5. The Kier molecular flexibility index (Phi) is 6.84. The van der Waals surface area contributed by atoms with Crippen LogP contribution in [0.15, 0.2) is 46.8 Å². The smallest absolute Gasteiger partial charge is 0.355 e. The van der Waals surface area contributed by atoms with Crippen LogP contribution in [0.4, 0.5) is 4.39 Å². The lowest BCUT2D eigenvalue weighted by atomic mass is 10.3. The van der Waals surface area contributed by atoms with E-state index in [9.17, 15) is 17.6 Å². The quantitative estimate of drug-likeness (QED) is 0.492. The summed E-state index contributed by atoms with van der Waals surface area (Å²) in [5, 5.41) is 2.40. The molecule has 3 heterocycles. The number of hydrogen-bond acceptors (Lipinski definition) is 8. The molecule has 1 N–H and O–H groups in total. The van der Waals surface area contributed by atoms with E-state index >= 15 is 0 Å². The number of carbonyl (C=O) groups excluding carboxylic acids is 1. The van der Waals surface area contributed by atoms with Gasteiger partial charge in [0, 0.05) is 24.7 Å². The summed E-state index contributed by atoms with van der Waals surface area (Å²) in [6.45, 7) is 1.33. The summed E-state index contributed by atoms with van der Waals surface area (Å²) in [6, 6.07) is 6.92. The van der Waals surface area contributed by atoms with Crippen molar-refractivity contribution in [3.05, 3.63) is 64.1 Å². The lowest BCUT2D eigenvalue weighted by Gasteiger charge is -2.25. The van der Waals surface area contributed by atoms with Crippen LogP contribution >= 0.6 is 11.3 Å². The van der Waals surface area contributed by atoms with Crippen LogP contribution in [0, 0.1) is 5.82 Å². The first-order valence-electron chi connectivity index (χ1n) is 9.67. The van der Waals surface area contributed by atoms with Crippen LogP contribution in [0.3, 0.4) is 0 Å². The Hall–Kier alpha value is -2.80. The number of benzene rings is 1. The maximum atomic E-state index is 12.9. The molecule has 0 bridgehead atoms. The normalized spacial score (nSPS) is 14.9. The van der Waals surface area contributed by atoms with Gasteiger partial charge < -0.3 is 19.2 Å². The van der Waals surface area contributed by atoms with Crippen molar-refractivity contribution >= 4 is 27.3 Å². The van der Waals surface area contributed by atoms with Gasteiger partial charge in [0.1, 0.15) is 40.4 Å². The zero-order valence-electron chi connectivity index (χ0n) is 16.8. The number of aromatic amines is 1. The molecule has 0 amide bonds. The fourth-order valence-corrected chi connectivity index (χ4v) is 5.04. The third kappa shape index (κ3) is 5.33. The van der Waals surface area contributed by atoms with Gasteiger partial charge in [0.05, 0.1) is 18.9 Å². The van der Waals surface area contributed by atoms with E-state index in [4.69, 9.17) is 14.2 Å². The van der Waals surface area contributed by atoms with Crippen LogP contribution in [0.1, 0.15) is 21.2 Å². The van der Waals surface area contributed by atoms with Crippen molar-refractivity contribution in [2.24, 2.45) is 0 Å². The summed E-state index contributed by atoms with van der Waals surface area (Å²) >= 11 is 1.34. The predicted molar refractivity (Wildman–Crippen MR) is 112 cm³/mol. The third-order valence-corrected chi connectivity index (χ3v) is 7.36. The fourth-order valence-electron chi connectivity index (χ4n) is 2.95. The number of rotatable bonds is 8. The summed E-state index contributed by atoms with van der Waals surface area (Å²) in [4.78, 5) is 19.3. The zero-order chi connectivity index (χ0) is 22.6. The van der Waals surface area contributed by atoms with Gasteiger partial charge >= 0.3 is 5.97 Å². The molecule has 1 aliphatic heterocycles. The molecule has 9 nitrogen and oxygen atoms in total. The number of esters is 1. The standard InChI is InChI=1S/C20H20FN3O6S2/c21-14-1-3-16(4-2-14)29-12-19-23-15(13-31-19)11-30-20(25)18-9-17(10-22-18)32(26,27)24-5-7-28-8-6-24/h1-4,9-10,13,22H,5-8,11-12H2. The molecule has 0 saturated carbocycles. The molecular weight excluding hydrogens is 461 g/mol. The first-order valence-corrected chi connectivity index (χ1v) is 12.0. The van der Waals surface area contributed by atoms with Gasteiger partial charge in [-0.25, -0.2) is 22.6 Å². The molecule has 0 radical (unpaired) electrons. The van der Waals surface area contributed by atoms with E-state index in [1.54, 1.807) is 5.38 Å². The molecule has 0 spiro atoms. The van der Waals surface area contributed by atoms with Crippen molar-refractivity contribution in [2.75, 3.05) is 26.3 Å². The number of thiazole rings is 1. The lowest BCUT2D eigenvalue weighted by Crippen LogP contribution is -2.40. The Balaban J connectivity index is 1.30. The second-order valence-electron chi connectivity index (χ2n) is 6.82. The number of sulfonamides is 1. The molecule has 32 heavy (non-hydrogen) atoms. The first-order chi connectivity index (χ1) is 15.4. The van der Waals surface area contributed by atoms with Crippen LogP contribution in [0.25, 0.3) is 0 Å². The van der Waals surface area contributed by atoms with E-state index in [0.717, 1.165) is 0 Å². The molecule has 0 unspecified atom stereocenters. The number of carbonyl (C=O) groups is 1. The van der Waals surface area contributed by atoms with Crippen molar-refractivity contribution in [1.82, 2.24) is 14.3 Å². The highest BCUT2D eigenvalue weighted by Crippen LogP contribution is 2.20. The van der Waals surface area contributed by atoms with Crippen molar-refractivity contribution in [3.63, 3.8) is 0 Å². The van der Waals surface area contributed by atoms with Gasteiger partial charge in [0.15, 0.2) is 0 Å². The number of nitrogens with one attached hydrogen (secondary N) is 1. The van der Waals surface area contributed by atoms with E-state index in [-0.39, 0.29) is 42.7 Å². The molecule has 1 aromatic carbocycles. The van der Waals surface area contributed by atoms with Crippen LogP contribution in [0.5, 0.6) is 5.75 Å². The summed E-state index contributed by atoms with van der Waals surface area (Å²) < 4.78 is 55.5. The van der Waals surface area contributed by atoms with E-state index < -0.39 is 16.0 Å². The summed E-state index contributed by atoms with van der Waals surface area (Å²) in [7, 11) is -3.70. The first kappa shape index (κ1) is 22.4. The summed E-state index contributed by atoms with van der Waals surface area (Å²) in [6.07, 6.45) is 1.27. The average Bonchev–Trinajstić information content (AvgIpc) is 3.48. The Morgan fingerprint density at radius 3 is 2.72 bits per heavy atom. The van der Waals surface area contributed by atoms with Crippen molar-refractivity contribution in [3.8, 4) is 5.75 Å². The van der Waals surface area contributed by atoms with Crippen LogP contribution < -0.4 is 4.74 Å². The number of H-pyrrole nitrogens is 1. The molecule has 0 aliphatic carbocycles. The SMILES string of the molecule is O=C(OCc1csc(COc2ccc(F)cc2)n1)c1cc(S(=O)(=O)N2CCOCC2)c[nH]1. The number of halogens is 1. The average molecular weight is 482 g/mol. The monoisotopic (exact) mass is 481 g/mol. The predicted octanol–water partition coefficient (Wildman–Crippen LogP) is 2.57. The van der Waals surface area contributed by atoms with Crippen LogP contribution in [-0.4, -0.2) is 55.0 Å². The summed E-state index contributed by atoms with van der Waals surface area (Å²) in [5.74, 6) is -0.515. The maximum Gasteiger partial charge on any atom is 0.355 e. The van der Waals surface area contributed by atoms with E-state index in [1.807, 2.05) is 0 Å². The van der Waals surface area contributed by atoms with E-state index in [2.05, 4.69) is 9.97 Å². The van der Waals surface area contributed by atoms with Gasteiger partial charge in [-0.05, 0) is 30.3 Å². The molecule has 1 saturated heterocycles. The van der Waals surface area contributed by atoms with Gasteiger partial charge in [0.2, 0.25) is 10.0 Å². The topological polar surface area (TPSA) is 111 Å². The van der Waals surface area contributed by atoms with E-state index in [0.29, 0.717) is 29.7 Å². The Morgan fingerprint density at radius 2 is 1.97 bits per heavy atom. The largest absolute Gasteiger partial charge is 0.486 e. The summed E-state index contributed by atoms with van der Waals surface area (Å²) in [5.41, 5.74) is 0.570. The highest BCUT2D eigenvalue weighted by molar-refractivity contribution is 7.89. The number of ether oxygens (including phenoxy) is 3. The van der Waals surface area contributed by atoms with Crippen LogP contribution in [0.2, 0.25) is 0 Å². The van der Waals surface area contributed by atoms with Gasteiger partial charge in [-0.2, -0.15) is 4.31 Å². The fraction of sp³-hybridized carbons (Fsp3) is 0.300. The minimum Gasteiger partial charge on any atom is -0.486 e.